The molecule has 0 aliphatic rings. The molecular formula is C16H19N3O3. The molecule has 0 bridgehead atoms. The van der Waals surface area contributed by atoms with Crippen molar-refractivity contribution in [2.24, 2.45) is 0 Å². The molecule has 2 rings (SSSR count). The predicted octanol–water partition coefficient (Wildman–Crippen LogP) is 2.78. The number of oxazole rings is 1. The molecule has 1 aromatic carbocycles. The summed E-state index contributed by atoms with van der Waals surface area (Å²) in [6.45, 7) is 2.56. The van der Waals surface area contributed by atoms with E-state index in [-0.39, 0.29) is 0 Å². The Kier molecular flexibility index (Phi) is 5.26. The molecule has 0 fully saturated rings. The zero-order chi connectivity index (χ0) is 15.9. The number of nitriles is 1. The van der Waals surface area contributed by atoms with Gasteiger partial charge in [0.05, 0.1) is 14.2 Å². The summed E-state index contributed by atoms with van der Waals surface area (Å²) in [6, 6.07) is 7.81. The van der Waals surface area contributed by atoms with Crippen LogP contribution in [0.5, 0.6) is 11.5 Å². The zero-order valence-electron chi connectivity index (χ0n) is 13.0. The summed E-state index contributed by atoms with van der Waals surface area (Å²) in [5, 5.41) is 12.1. The molecule has 1 N–H and O–H groups in total. The van der Waals surface area contributed by atoms with Gasteiger partial charge >= 0.3 is 0 Å². The Morgan fingerprint density at radius 1 is 1.27 bits per heavy atom. The first-order valence-electron chi connectivity index (χ1n) is 7.06. The third-order valence-electron chi connectivity index (χ3n) is 3.23. The minimum atomic E-state index is 0.296. The van der Waals surface area contributed by atoms with Crippen molar-refractivity contribution in [2.45, 2.75) is 19.8 Å². The van der Waals surface area contributed by atoms with Gasteiger partial charge in [-0.25, -0.2) is 4.98 Å². The molecule has 116 valence electrons. The Labute approximate surface area is 129 Å². The van der Waals surface area contributed by atoms with Crippen molar-refractivity contribution in [3.05, 3.63) is 35.3 Å². The second kappa shape index (κ2) is 7.36. The minimum Gasteiger partial charge on any atom is -0.493 e. The Bertz CT molecular complexity index is 674. The Morgan fingerprint density at radius 2 is 2.05 bits per heavy atom. The van der Waals surface area contributed by atoms with Crippen molar-refractivity contribution < 1.29 is 13.9 Å². The lowest BCUT2D eigenvalue weighted by Crippen LogP contribution is -2.05. The highest BCUT2D eigenvalue weighted by molar-refractivity contribution is 5.46. The van der Waals surface area contributed by atoms with Gasteiger partial charge in [-0.15, -0.1) is 0 Å². The van der Waals surface area contributed by atoms with Gasteiger partial charge in [0, 0.05) is 13.0 Å². The second-order valence-electron chi connectivity index (χ2n) is 4.62. The van der Waals surface area contributed by atoms with Gasteiger partial charge in [-0.2, -0.15) is 5.26 Å². The van der Waals surface area contributed by atoms with E-state index in [9.17, 15) is 0 Å². The Balaban J connectivity index is 1.99. The van der Waals surface area contributed by atoms with Crippen molar-refractivity contribution in [2.75, 3.05) is 26.1 Å². The highest BCUT2D eigenvalue weighted by Gasteiger charge is 2.11. The van der Waals surface area contributed by atoms with Crippen LogP contribution in [-0.2, 0) is 12.8 Å². The van der Waals surface area contributed by atoms with Crippen LogP contribution < -0.4 is 14.8 Å². The molecule has 0 amide bonds. The van der Waals surface area contributed by atoms with Gasteiger partial charge < -0.3 is 19.2 Å². The van der Waals surface area contributed by atoms with Crippen LogP contribution in [0, 0.1) is 11.3 Å². The van der Waals surface area contributed by atoms with E-state index in [1.807, 2.05) is 31.2 Å². The molecule has 2 aromatic rings. The van der Waals surface area contributed by atoms with E-state index in [0.717, 1.165) is 12.0 Å². The fourth-order valence-corrected chi connectivity index (χ4v) is 2.07. The normalized spacial score (nSPS) is 10.1. The molecule has 0 unspecified atom stereocenters. The first-order valence-corrected chi connectivity index (χ1v) is 7.06. The van der Waals surface area contributed by atoms with Gasteiger partial charge in [0.25, 0.3) is 0 Å². The summed E-state index contributed by atoms with van der Waals surface area (Å²) in [4.78, 5) is 4.10. The highest BCUT2D eigenvalue weighted by atomic mass is 16.5. The minimum absolute atomic E-state index is 0.296. The number of benzene rings is 1. The first-order chi connectivity index (χ1) is 10.7. The quantitative estimate of drug-likeness (QED) is 0.847. The molecule has 0 aliphatic heterocycles. The summed E-state index contributed by atoms with van der Waals surface area (Å²) in [5.41, 5.74) is 1.39. The van der Waals surface area contributed by atoms with Crippen LogP contribution in [0.4, 0.5) is 5.88 Å². The van der Waals surface area contributed by atoms with Crippen molar-refractivity contribution in [3.8, 4) is 17.6 Å². The summed E-state index contributed by atoms with van der Waals surface area (Å²) in [7, 11) is 3.22. The smallest absolute Gasteiger partial charge is 0.232 e. The third kappa shape index (κ3) is 3.50. The molecule has 0 spiro atoms. The van der Waals surface area contributed by atoms with E-state index in [0.29, 0.717) is 41.9 Å². The van der Waals surface area contributed by atoms with Crippen LogP contribution in [0.15, 0.2) is 22.6 Å². The van der Waals surface area contributed by atoms with Crippen molar-refractivity contribution >= 4 is 5.88 Å². The lowest BCUT2D eigenvalue weighted by atomic mass is 10.1. The lowest BCUT2D eigenvalue weighted by Gasteiger charge is -2.09. The molecule has 0 saturated carbocycles. The molecule has 6 heteroatoms. The number of hydrogen-bond donors (Lipinski definition) is 1. The van der Waals surface area contributed by atoms with Gasteiger partial charge in [0.2, 0.25) is 11.6 Å². The van der Waals surface area contributed by atoms with Crippen molar-refractivity contribution in [1.29, 1.82) is 5.26 Å². The van der Waals surface area contributed by atoms with Crippen molar-refractivity contribution in [1.82, 2.24) is 4.98 Å². The third-order valence-corrected chi connectivity index (χ3v) is 3.23. The summed E-state index contributed by atoms with van der Waals surface area (Å²) in [5.74, 6) is 2.39. The average Bonchev–Trinajstić information content (AvgIpc) is 2.97. The number of ether oxygens (including phenoxy) is 2. The molecule has 0 aliphatic carbocycles. The number of hydrogen-bond acceptors (Lipinski definition) is 6. The van der Waals surface area contributed by atoms with Crippen LogP contribution in [0.1, 0.15) is 24.1 Å². The molecular weight excluding hydrogens is 282 g/mol. The number of anilines is 1. The summed E-state index contributed by atoms with van der Waals surface area (Å²) >= 11 is 0. The molecule has 22 heavy (non-hydrogen) atoms. The molecule has 0 radical (unpaired) electrons. The molecule has 1 heterocycles. The van der Waals surface area contributed by atoms with Gasteiger partial charge in [-0.3, -0.25) is 0 Å². The molecule has 1 aromatic heterocycles. The molecule has 0 saturated heterocycles. The lowest BCUT2D eigenvalue weighted by molar-refractivity contribution is 0.354. The van der Waals surface area contributed by atoms with Crippen molar-refractivity contribution in [3.63, 3.8) is 0 Å². The number of nitrogens with one attached hydrogen (secondary N) is 1. The maximum atomic E-state index is 9.03. The average molecular weight is 301 g/mol. The van der Waals surface area contributed by atoms with Crippen LogP contribution in [-0.4, -0.2) is 25.7 Å². The zero-order valence-corrected chi connectivity index (χ0v) is 13.0. The largest absolute Gasteiger partial charge is 0.493 e. The number of aryl methyl sites for hydroxylation is 1. The fraction of sp³-hybridized carbons (Fsp3) is 0.375. The second-order valence-corrected chi connectivity index (χ2v) is 4.62. The van der Waals surface area contributed by atoms with E-state index in [2.05, 4.69) is 10.3 Å². The monoisotopic (exact) mass is 301 g/mol. The SMILES string of the molecule is CCc1nc(C#N)c(NCCc2ccc(OC)c(OC)c2)o1. The van der Waals surface area contributed by atoms with E-state index >= 15 is 0 Å². The first kappa shape index (κ1) is 15.7. The number of methoxy groups -OCH3 is 2. The van der Waals surface area contributed by atoms with Gasteiger partial charge in [0.1, 0.15) is 6.07 Å². The molecule has 6 nitrogen and oxygen atoms in total. The Hall–Kier alpha value is -2.68. The van der Waals surface area contributed by atoms with Gasteiger partial charge in [-0.1, -0.05) is 13.0 Å². The summed E-state index contributed by atoms with van der Waals surface area (Å²) < 4.78 is 16.0. The summed E-state index contributed by atoms with van der Waals surface area (Å²) in [6.07, 6.45) is 1.42. The van der Waals surface area contributed by atoms with E-state index in [1.165, 1.54) is 0 Å². The number of aromatic nitrogens is 1. The van der Waals surface area contributed by atoms with Gasteiger partial charge in [-0.05, 0) is 24.1 Å². The number of nitrogens with zero attached hydrogens (tertiary/aromatic N) is 2. The highest BCUT2D eigenvalue weighted by Crippen LogP contribution is 2.27. The number of rotatable bonds is 7. The van der Waals surface area contributed by atoms with Gasteiger partial charge in [0.15, 0.2) is 17.4 Å². The van der Waals surface area contributed by atoms with E-state index in [4.69, 9.17) is 19.2 Å². The maximum absolute atomic E-state index is 9.03. The fourth-order valence-electron chi connectivity index (χ4n) is 2.07. The van der Waals surface area contributed by atoms with Crippen LogP contribution in [0.3, 0.4) is 0 Å². The van der Waals surface area contributed by atoms with Crippen LogP contribution in [0.25, 0.3) is 0 Å². The predicted molar refractivity (Wildman–Crippen MR) is 82.3 cm³/mol. The van der Waals surface area contributed by atoms with E-state index < -0.39 is 0 Å². The van der Waals surface area contributed by atoms with Crippen LogP contribution >= 0.6 is 0 Å². The maximum Gasteiger partial charge on any atom is 0.232 e. The van der Waals surface area contributed by atoms with E-state index in [1.54, 1.807) is 14.2 Å². The Morgan fingerprint density at radius 3 is 2.68 bits per heavy atom. The molecule has 0 atom stereocenters. The standard InChI is InChI=1S/C16H19N3O3/c1-4-15-19-12(10-17)16(22-15)18-8-7-11-5-6-13(20-2)14(9-11)21-3/h5-6,9,18H,4,7-8H2,1-3H3. The van der Waals surface area contributed by atoms with Crippen LogP contribution in [0.2, 0.25) is 0 Å². The topological polar surface area (TPSA) is 80.3 Å².